The smallest absolute Gasteiger partial charge is 0.854 e. The third-order valence-corrected chi connectivity index (χ3v) is 9.33. The number of epoxide rings is 1. The number of hydrogen-bond acceptors (Lipinski definition) is 2. The number of fused-ring (bicyclic) bond motifs is 6. The molecule has 0 N–H and O–H groups in total. The van der Waals surface area contributed by atoms with Crippen LogP contribution in [0.3, 0.4) is 0 Å². The first kappa shape index (κ1) is 18.1. The summed E-state index contributed by atoms with van der Waals surface area (Å²) in [7, 11) is 0. The molecule has 4 aliphatic carbocycles. The molecule has 7 atom stereocenters. The topological polar surface area (TPSA) is 35.6 Å². The Balaban J connectivity index is 0.00000135. The van der Waals surface area contributed by atoms with E-state index in [1.165, 1.54) is 64.2 Å². The van der Waals surface area contributed by atoms with Crippen molar-refractivity contribution in [3.8, 4) is 0 Å². The molecule has 0 aromatic rings. The standard InChI is InChI=1S/C20H31O2.Rb/c1-18-10-7-17-15(16(18)8-11-20(18)13-22-20)6-5-14-4-2-3-9-19(14,17)12-21;/h14-17H,2-13H2,1H3;/q-1;+1/t14?,15?,16?,17?,18?,19?,20-;/m1./s1. The zero-order chi connectivity index (χ0) is 15.0. The van der Waals surface area contributed by atoms with E-state index in [1.807, 2.05) is 0 Å². The van der Waals surface area contributed by atoms with Crippen LogP contribution in [0.15, 0.2) is 0 Å². The van der Waals surface area contributed by atoms with Gasteiger partial charge in [-0.05, 0) is 80.5 Å². The maximum Gasteiger partial charge on any atom is 1.00 e. The molecule has 23 heavy (non-hydrogen) atoms. The van der Waals surface area contributed by atoms with Gasteiger partial charge in [0.25, 0.3) is 0 Å². The molecule has 1 spiro atoms. The van der Waals surface area contributed by atoms with Crippen molar-refractivity contribution in [3.63, 3.8) is 0 Å². The zero-order valence-electron chi connectivity index (χ0n) is 15.1. The Bertz CT molecular complexity index is 476. The molecule has 0 aromatic carbocycles. The van der Waals surface area contributed by atoms with E-state index in [9.17, 15) is 5.11 Å². The minimum atomic E-state index is 0. The van der Waals surface area contributed by atoms with E-state index < -0.39 is 0 Å². The van der Waals surface area contributed by atoms with Crippen LogP contribution in [0.4, 0.5) is 0 Å². The molecule has 4 saturated carbocycles. The molecule has 5 rings (SSSR count). The molecule has 124 valence electrons. The number of hydrogen-bond donors (Lipinski definition) is 0. The fourth-order valence-electron chi connectivity index (χ4n) is 8.00. The zero-order valence-corrected chi connectivity index (χ0v) is 20.0. The molecule has 0 bridgehead atoms. The van der Waals surface area contributed by atoms with Crippen LogP contribution in [0.1, 0.15) is 71.1 Å². The average Bonchev–Trinajstić information content (AvgIpc) is 3.28. The third kappa shape index (κ3) is 2.30. The van der Waals surface area contributed by atoms with Crippen LogP contribution < -0.4 is 63.3 Å². The van der Waals surface area contributed by atoms with Gasteiger partial charge in [-0.15, -0.1) is 6.61 Å². The van der Waals surface area contributed by atoms with Crippen molar-refractivity contribution < 1.29 is 68.0 Å². The van der Waals surface area contributed by atoms with Crippen LogP contribution in [-0.4, -0.2) is 18.8 Å². The van der Waals surface area contributed by atoms with E-state index in [2.05, 4.69) is 6.92 Å². The minimum Gasteiger partial charge on any atom is -0.854 e. The quantitative estimate of drug-likeness (QED) is 0.614. The maximum absolute atomic E-state index is 12.4. The largest absolute Gasteiger partial charge is 1.00 e. The minimum absolute atomic E-state index is 0. The first-order valence-corrected chi connectivity index (χ1v) is 9.87. The van der Waals surface area contributed by atoms with Gasteiger partial charge in [0.1, 0.15) is 0 Å². The molecule has 5 fully saturated rings. The van der Waals surface area contributed by atoms with Crippen molar-refractivity contribution >= 4 is 0 Å². The fourth-order valence-corrected chi connectivity index (χ4v) is 8.00. The van der Waals surface area contributed by atoms with Gasteiger partial charge < -0.3 is 9.84 Å². The van der Waals surface area contributed by atoms with Crippen LogP contribution in [0.25, 0.3) is 0 Å². The maximum atomic E-state index is 12.4. The normalized spacial score (nSPS) is 57.1. The van der Waals surface area contributed by atoms with Crippen LogP contribution >= 0.6 is 0 Å². The second-order valence-corrected chi connectivity index (χ2v) is 9.55. The molecule has 0 amide bonds. The summed E-state index contributed by atoms with van der Waals surface area (Å²) >= 11 is 0. The molecule has 6 unspecified atom stereocenters. The van der Waals surface area contributed by atoms with E-state index in [0.29, 0.717) is 5.41 Å². The van der Waals surface area contributed by atoms with Crippen LogP contribution in [0.2, 0.25) is 0 Å². The second kappa shape index (κ2) is 6.13. The SMILES string of the molecule is CC12CCC3C(CCC4CCCCC43C[O-])C1CC[C@@]21CO1.[Rb+]. The molecule has 5 aliphatic rings. The van der Waals surface area contributed by atoms with Crippen molar-refractivity contribution in [1.82, 2.24) is 0 Å². The fraction of sp³-hybridized carbons (Fsp3) is 1.00. The first-order chi connectivity index (χ1) is 10.7. The van der Waals surface area contributed by atoms with Crippen molar-refractivity contribution in [2.24, 2.45) is 34.5 Å². The van der Waals surface area contributed by atoms with Gasteiger partial charge in [0.2, 0.25) is 0 Å². The van der Waals surface area contributed by atoms with Crippen molar-refractivity contribution in [2.45, 2.75) is 76.7 Å². The molecular weight excluding hydrogens is 358 g/mol. The molecule has 2 nitrogen and oxygen atoms in total. The number of rotatable bonds is 1. The van der Waals surface area contributed by atoms with Crippen LogP contribution in [-0.2, 0) is 4.74 Å². The second-order valence-electron chi connectivity index (χ2n) is 9.55. The van der Waals surface area contributed by atoms with Gasteiger partial charge in [0, 0.05) is 5.41 Å². The van der Waals surface area contributed by atoms with E-state index in [0.717, 1.165) is 30.3 Å². The van der Waals surface area contributed by atoms with E-state index in [-0.39, 0.29) is 75.8 Å². The number of ether oxygens (including phenoxy) is 1. The summed E-state index contributed by atoms with van der Waals surface area (Å²) in [4.78, 5) is 0. The Morgan fingerprint density at radius 1 is 0.957 bits per heavy atom. The van der Waals surface area contributed by atoms with Gasteiger partial charge in [-0.25, -0.2) is 0 Å². The predicted octanol–water partition coefficient (Wildman–Crippen LogP) is 0.533. The summed E-state index contributed by atoms with van der Waals surface area (Å²) in [6.07, 6.45) is 13.4. The van der Waals surface area contributed by atoms with Gasteiger partial charge in [0.15, 0.2) is 0 Å². The summed E-state index contributed by atoms with van der Waals surface area (Å²) in [6, 6.07) is 0. The average molecular weight is 389 g/mol. The summed E-state index contributed by atoms with van der Waals surface area (Å²) in [5, 5.41) is 12.4. The predicted molar refractivity (Wildman–Crippen MR) is 84.2 cm³/mol. The Morgan fingerprint density at radius 3 is 2.48 bits per heavy atom. The van der Waals surface area contributed by atoms with Crippen molar-refractivity contribution in [3.05, 3.63) is 0 Å². The van der Waals surface area contributed by atoms with E-state index >= 15 is 0 Å². The van der Waals surface area contributed by atoms with Crippen molar-refractivity contribution in [2.75, 3.05) is 13.2 Å². The Hall–Kier alpha value is 1.73. The molecule has 1 heterocycles. The Morgan fingerprint density at radius 2 is 1.74 bits per heavy atom. The summed E-state index contributed by atoms with van der Waals surface area (Å²) in [5.74, 6) is 3.19. The van der Waals surface area contributed by atoms with Crippen molar-refractivity contribution in [1.29, 1.82) is 0 Å². The molecular formula is C20H31O2Rb. The van der Waals surface area contributed by atoms with Gasteiger partial charge in [-0.3, -0.25) is 0 Å². The Labute approximate surface area is 190 Å². The molecule has 3 heteroatoms. The molecule has 0 radical (unpaired) electrons. The van der Waals surface area contributed by atoms with E-state index in [4.69, 9.17) is 4.74 Å². The van der Waals surface area contributed by atoms with Gasteiger partial charge in [0.05, 0.1) is 12.2 Å². The molecule has 1 aliphatic heterocycles. The molecule has 1 saturated heterocycles. The van der Waals surface area contributed by atoms with Gasteiger partial charge >= 0.3 is 58.2 Å². The summed E-state index contributed by atoms with van der Waals surface area (Å²) in [5.41, 5.74) is 0.874. The van der Waals surface area contributed by atoms with Crippen LogP contribution in [0.5, 0.6) is 0 Å². The Kier molecular flexibility index (Phi) is 4.82. The summed E-state index contributed by atoms with van der Waals surface area (Å²) in [6.45, 7) is 3.77. The van der Waals surface area contributed by atoms with Gasteiger partial charge in [-0.1, -0.05) is 19.8 Å². The van der Waals surface area contributed by atoms with Crippen LogP contribution in [0, 0.1) is 34.5 Å². The monoisotopic (exact) mass is 388 g/mol. The van der Waals surface area contributed by atoms with E-state index in [1.54, 1.807) is 0 Å². The first-order valence-electron chi connectivity index (χ1n) is 9.87. The van der Waals surface area contributed by atoms with Gasteiger partial charge in [-0.2, -0.15) is 0 Å². The molecule has 0 aromatic heterocycles. The summed E-state index contributed by atoms with van der Waals surface area (Å²) < 4.78 is 6.01. The third-order valence-electron chi connectivity index (χ3n) is 9.33.